The Hall–Kier alpha value is -1.12. The summed E-state index contributed by atoms with van der Waals surface area (Å²) >= 11 is 4.75. The zero-order valence-corrected chi connectivity index (χ0v) is 15.0. The Morgan fingerprint density at radius 1 is 1.45 bits per heavy atom. The first-order chi connectivity index (χ1) is 10.4. The van der Waals surface area contributed by atoms with E-state index in [1.54, 1.807) is 4.90 Å². The van der Waals surface area contributed by atoms with Gasteiger partial charge < -0.3 is 19.5 Å². The summed E-state index contributed by atoms with van der Waals surface area (Å²) in [5.74, 6) is -0.623. The van der Waals surface area contributed by atoms with Crippen LogP contribution in [0.25, 0.3) is 0 Å². The van der Waals surface area contributed by atoms with Crippen LogP contribution in [-0.2, 0) is 9.53 Å². The van der Waals surface area contributed by atoms with Crippen LogP contribution in [0.3, 0.4) is 0 Å². The van der Waals surface area contributed by atoms with E-state index in [0.717, 1.165) is 9.35 Å². The molecule has 0 bridgehead atoms. The minimum absolute atomic E-state index is 0.0937. The molecule has 2 rings (SSSR count). The maximum Gasteiger partial charge on any atom is 0.313 e. The summed E-state index contributed by atoms with van der Waals surface area (Å²) in [6.07, 6.45) is 0.385. The highest BCUT2D eigenvalue weighted by Crippen LogP contribution is 2.41. The van der Waals surface area contributed by atoms with Gasteiger partial charge in [-0.3, -0.25) is 9.59 Å². The normalized spacial score (nSPS) is 21.2. The molecule has 1 unspecified atom stereocenters. The van der Waals surface area contributed by atoms with Crippen molar-refractivity contribution in [3.8, 4) is 5.75 Å². The Balaban J connectivity index is 2.25. The molecule has 1 atom stereocenters. The van der Waals surface area contributed by atoms with E-state index in [-0.39, 0.29) is 19.1 Å². The van der Waals surface area contributed by atoms with Crippen LogP contribution >= 0.6 is 27.3 Å². The number of rotatable bonds is 5. The van der Waals surface area contributed by atoms with Crippen LogP contribution in [0.5, 0.6) is 5.75 Å². The monoisotopic (exact) mass is 391 g/mol. The second-order valence-electron chi connectivity index (χ2n) is 5.33. The summed E-state index contributed by atoms with van der Waals surface area (Å²) in [5, 5.41) is 9.47. The van der Waals surface area contributed by atoms with Crippen LogP contribution in [0.2, 0.25) is 0 Å². The van der Waals surface area contributed by atoms with Crippen LogP contribution in [0.4, 0.5) is 0 Å². The molecule has 1 aliphatic heterocycles. The van der Waals surface area contributed by atoms with Gasteiger partial charge in [-0.05, 0) is 29.3 Å². The number of carbonyl (C=O) groups excluding carboxylic acids is 1. The summed E-state index contributed by atoms with van der Waals surface area (Å²) in [6.45, 7) is 2.53. The lowest BCUT2D eigenvalue weighted by Gasteiger charge is -2.23. The number of halogens is 1. The summed E-state index contributed by atoms with van der Waals surface area (Å²) in [7, 11) is 2.98. The number of amides is 1. The first-order valence-corrected chi connectivity index (χ1v) is 8.31. The third-order valence-electron chi connectivity index (χ3n) is 3.88. The summed E-state index contributed by atoms with van der Waals surface area (Å²) < 4.78 is 11.1. The maximum atomic E-state index is 12.7. The lowest BCUT2D eigenvalue weighted by Crippen LogP contribution is -2.40. The highest BCUT2D eigenvalue weighted by molar-refractivity contribution is 9.10. The van der Waals surface area contributed by atoms with Gasteiger partial charge in [0.2, 0.25) is 0 Å². The number of ether oxygens (including phenoxy) is 2. The topological polar surface area (TPSA) is 76.1 Å². The Morgan fingerprint density at radius 2 is 2.14 bits per heavy atom. The number of carboxylic acids is 1. The number of hydrogen-bond acceptors (Lipinski definition) is 5. The molecule has 0 spiro atoms. The number of nitrogens with zero attached hydrogens (tertiary/aromatic N) is 1. The molecule has 0 radical (unpaired) electrons. The fraction of sp³-hybridized carbons (Fsp3) is 0.571. The van der Waals surface area contributed by atoms with Gasteiger partial charge in [0.1, 0.15) is 10.3 Å². The Morgan fingerprint density at radius 3 is 2.68 bits per heavy atom. The van der Waals surface area contributed by atoms with Gasteiger partial charge >= 0.3 is 5.97 Å². The van der Waals surface area contributed by atoms with Crippen molar-refractivity contribution in [2.24, 2.45) is 5.41 Å². The average Bonchev–Trinajstić information content (AvgIpc) is 3.02. The SMILES string of the molecule is COCC1(C(=O)O)CCN(C(=O)c2sc(C)c(Br)c2OC)C1. The molecule has 6 nitrogen and oxygen atoms in total. The molecule has 1 N–H and O–H groups in total. The highest BCUT2D eigenvalue weighted by Gasteiger charge is 2.47. The lowest BCUT2D eigenvalue weighted by molar-refractivity contribution is -0.151. The molecule has 2 heterocycles. The molecular weight excluding hydrogens is 374 g/mol. The number of thiophene rings is 1. The number of carbonyl (C=O) groups is 2. The number of hydrogen-bond donors (Lipinski definition) is 1. The van der Waals surface area contributed by atoms with E-state index in [4.69, 9.17) is 9.47 Å². The average molecular weight is 392 g/mol. The number of aryl methyl sites for hydroxylation is 1. The van der Waals surface area contributed by atoms with E-state index in [1.807, 2.05) is 6.92 Å². The molecule has 0 aromatic carbocycles. The third kappa shape index (κ3) is 2.87. The second-order valence-corrected chi connectivity index (χ2v) is 7.35. The van der Waals surface area contributed by atoms with Crippen molar-refractivity contribution in [3.05, 3.63) is 14.2 Å². The van der Waals surface area contributed by atoms with Crippen molar-refractivity contribution in [3.63, 3.8) is 0 Å². The predicted octanol–water partition coefficient (Wildman–Crippen LogP) is 2.39. The molecule has 1 fully saturated rings. The Labute approximate surface area is 141 Å². The second kappa shape index (κ2) is 6.55. The number of aliphatic carboxylic acids is 1. The minimum Gasteiger partial charge on any atom is -0.494 e. The lowest BCUT2D eigenvalue weighted by atomic mass is 9.88. The fourth-order valence-corrected chi connectivity index (χ4v) is 4.36. The van der Waals surface area contributed by atoms with Crippen LogP contribution < -0.4 is 4.74 Å². The van der Waals surface area contributed by atoms with E-state index in [1.165, 1.54) is 25.6 Å². The number of carboxylic acid groups (broad SMARTS) is 1. The molecule has 1 amide bonds. The van der Waals surface area contributed by atoms with Gasteiger partial charge in [0.05, 0.1) is 18.2 Å². The van der Waals surface area contributed by atoms with Crippen molar-refractivity contribution >= 4 is 39.1 Å². The summed E-state index contributed by atoms with van der Waals surface area (Å²) in [5.41, 5.74) is -1.03. The molecule has 0 saturated carbocycles. The van der Waals surface area contributed by atoms with Crippen molar-refractivity contribution in [2.45, 2.75) is 13.3 Å². The van der Waals surface area contributed by atoms with E-state index in [0.29, 0.717) is 23.6 Å². The fourth-order valence-electron chi connectivity index (χ4n) is 2.65. The van der Waals surface area contributed by atoms with Gasteiger partial charge in [-0.2, -0.15) is 0 Å². The standard InChI is InChI=1S/C14H18BrNO5S/c1-8-9(15)10(21-3)11(22-8)12(17)16-5-4-14(6-16,7-20-2)13(18)19/h4-7H2,1-3H3,(H,18,19). The molecule has 1 aromatic rings. The van der Waals surface area contributed by atoms with Gasteiger partial charge in [0.25, 0.3) is 5.91 Å². The van der Waals surface area contributed by atoms with Gasteiger partial charge in [-0.25, -0.2) is 0 Å². The quantitative estimate of drug-likeness (QED) is 0.833. The number of methoxy groups -OCH3 is 2. The Kier molecular flexibility index (Phi) is 5.14. The predicted molar refractivity (Wildman–Crippen MR) is 85.8 cm³/mol. The van der Waals surface area contributed by atoms with Crippen LogP contribution in [0.15, 0.2) is 4.47 Å². The van der Waals surface area contributed by atoms with Gasteiger partial charge in [-0.15, -0.1) is 11.3 Å². The van der Waals surface area contributed by atoms with Gasteiger partial charge in [0.15, 0.2) is 5.75 Å². The van der Waals surface area contributed by atoms with Crippen molar-refractivity contribution in [1.29, 1.82) is 0 Å². The maximum absolute atomic E-state index is 12.7. The number of likely N-dealkylation sites (tertiary alicyclic amines) is 1. The van der Waals surface area contributed by atoms with E-state index in [9.17, 15) is 14.7 Å². The van der Waals surface area contributed by atoms with Crippen molar-refractivity contribution < 1.29 is 24.2 Å². The summed E-state index contributed by atoms with van der Waals surface area (Å²) in [6, 6.07) is 0. The molecule has 1 aliphatic rings. The molecule has 22 heavy (non-hydrogen) atoms. The minimum atomic E-state index is -1.03. The molecule has 0 aliphatic carbocycles. The third-order valence-corrected chi connectivity index (χ3v) is 6.18. The first kappa shape index (κ1) is 17.2. The largest absolute Gasteiger partial charge is 0.494 e. The molecule has 1 aromatic heterocycles. The van der Waals surface area contributed by atoms with Crippen LogP contribution in [-0.4, -0.2) is 55.8 Å². The smallest absolute Gasteiger partial charge is 0.313 e. The molecular formula is C14H18BrNO5S. The summed E-state index contributed by atoms with van der Waals surface area (Å²) in [4.78, 5) is 27.3. The van der Waals surface area contributed by atoms with Crippen molar-refractivity contribution in [1.82, 2.24) is 4.90 Å². The molecule has 1 saturated heterocycles. The Bertz CT molecular complexity index is 602. The zero-order valence-electron chi connectivity index (χ0n) is 12.6. The van der Waals surface area contributed by atoms with Gasteiger partial charge in [0, 0.05) is 25.1 Å². The van der Waals surface area contributed by atoms with Crippen LogP contribution in [0, 0.1) is 12.3 Å². The zero-order chi connectivity index (χ0) is 16.5. The first-order valence-electron chi connectivity index (χ1n) is 6.71. The van der Waals surface area contributed by atoms with E-state index in [2.05, 4.69) is 15.9 Å². The molecule has 8 heteroatoms. The molecule has 122 valence electrons. The van der Waals surface area contributed by atoms with Gasteiger partial charge in [-0.1, -0.05) is 0 Å². The van der Waals surface area contributed by atoms with E-state index >= 15 is 0 Å². The van der Waals surface area contributed by atoms with E-state index < -0.39 is 11.4 Å². The van der Waals surface area contributed by atoms with Crippen LogP contribution in [0.1, 0.15) is 21.0 Å². The van der Waals surface area contributed by atoms with Crippen molar-refractivity contribution in [2.75, 3.05) is 33.9 Å². The highest BCUT2D eigenvalue weighted by atomic mass is 79.9.